The fraction of sp³-hybridized carbons (Fsp3) is 0.593. The summed E-state index contributed by atoms with van der Waals surface area (Å²) >= 11 is 0. The van der Waals surface area contributed by atoms with Gasteiger partial charge in [0.25, 0.3) is 5.92 Å². The Morgan fingerprint density at radius 3 is 2.65 bits per heavy atom. The number of hydrogen-bond acceptors (Lipinski definition) is 7. The van der Waals surface area contributed by atoms with Crippen molar-refractivity contribution in [2.45, 2.75) is 69.7 Å². The number of alkyl halides is 2. The molecule has 0 spiro atoms. The highest BCUT2D eigenvalue weighted by Gasteiger charge is 2.45. The van der Waals surface area contributed by atoms with Crippen molar-refractivity contribution < 1.29 is 23.0 Å². The minimum atomic E-state index is -2.80. The smallest absolute Gasteiger partial charge is 0.273 e. The van der Waals surface area contributed by atoms with E-state index in [0.29, 0.717) is 48.1 Å². The summed E-state index contributed by atoms with van der Waals surface area (Å²) in [7, 11) is 0. The van der Waals surface area contributed by atoms with E-state index in [1.807, 2.05) is 13.0 Å². The van der Waals surface area contributed by atoms with Crippen molar-refractivity contribution in [3.8, 4) is 0 Å². The summed E-state index contributed by atoms with van der Waals surface area (Å²) in [4.78, 5) is 24.9. The summed E-state index contributed by atoms with van der Waals surface area (Å²) in [6, 6.07) is 4.78. The largest absolute Gasteiger partial charge is 0.363 e. The van der Waals surface area contributed by atoms with Crippen LogP contribution in [0.3, 0.4) is 0 Å². The molecule has 0 unspecified atom stereocenters. The summed E-state index contributed by atoms with van der Waals surface area (Å²) in [5.74, 6) is -1.87. The van der Waals surface area contributed by atoms with Gasteiger partial charge in [-0.15, -0.1) is 0 Å². The lowest BCUT2D eigenvalue weighted by Crippen LogP contribution is -2.48. The summed E-state index contributed by atoms with van der Waals surface area (Å²) in [5, 5.41) is 6.70. The Bertz CT molecular complexity index is 1210. The Hall–Kier alpha value is -2.69. The van der Waals surface area contributed by atoms with Gasteiger partial charge in [-0.3, -0.25) is 4.79 Å². The normalized spacial score (nSPS) is 26.9. The molecule has 2 aromatic rings. The molecule has 1 aromatic heterocycles. The van der Waals surface area contributed by atoms with Crippen molar-refractivity contribution in [2.24, 2.45) is 0 Å². The van der Waals surface area contributed by atoms with Crippen LogP contribution >= 0.6 is 0 Å². The monoisotopic (exact) mass is 513 g/mol. The summed E-state index contributed by atoms with van der Waals surface area (Å²) in [6.45, 7) is 7.50. The fourth-order valence-corrected chi connectivity index (χ4v) is 6.37. The van der Waals surface area contributed by atoms with Gasteiger partial charge in [-0.25, -0.2) is 18.7 Å². The molecule has 4 heterocycles. The van der Waals surface area contributed by atoms with Crippen LogP contribution in [-0.2, 0) is 33.0 Å². The third-order valence-electron chi connectivity index (χ3n) is 8.18. The van der Waals surface area contributed by atoms with Crippen LogP contribution in [0.2, 0.25) is 0 Å². The van der Waals surface area contributed by atoms with Gasteiger partial charge >= 0.3 is 0 Å². The van der Waals surface area contributed by atoms with E-state index in [0.717, 1.165) is 38.0 Å². The van der Waals surface area contributed by atoms with Crippen LogP contribution in [0.15, 0.2) is 18.2 Å². The van der Waals surface area contributed by atoms with Crippen LogP contribution < -0.4 is 10.6 Å². The predicted molar refractivity (Wildman–Crippen MR) is 132 cm³/mol. The highest BCUT2D eigenvalue weighted by Crippen LogP contribution is 2.44. The zero-order valence-corrected chi connectivity index (χ0v) is 21.3. The molecule has 1 aliphatic carbocycles. The van der Waals surface area contributed by atoms with Crippen LogP contribution in [0.25, 0.3) is 0 Å². The minimum absolute atomic E-state index is 0.0804. The SMILES string of the molecule is Cc1nc(CC(=O)NC23CCN(CC2)C3)c(C2OCCO2)c(N[C@H](C)c2cccc3c2CCC3(F)F)n1. The van der Waals surface area contributed by atoms with E-state index >= 15 is 0 Å². The lowest BCUT2D eigenvalue weighted by atomic mass is 9.95. The molecular weight excluding hydrogens is 480 g/mol. The zero-order chi connectivity index (χ0) is 25.8. The molecule has 37 heavy (non-hydrogen) atoms. The molecule has 2 N–H and O–H groups in total. The second kappa shape index (κ2) is 9.25. The van der Waals surface area contributed by atoms with Crippen LogP contribution in [0, 0.1) is 6.92 Å². The first-order valence-corrected chi connectivity index (χ1v) is 13.1. The Labute approximate surface area is 215 Å². The van der Waals surface area contributed by atoms with E-state index in [4.69, 9.17) is 9.47 Å². The molecule has 10 heteroatoms. The second-order valence-electron chi connectivity index (χ2n) is 10.8. The summed E-state index contributed by atoms with van der Waals surface area (Å²) in [5.41, 5.74) is 2.62. The van der Waals surface area contributed by atoms with Crippen molar-refractivity contribution >= 4 is 11.7 Å². The molecule has 6 rings (SSSR count). The van der Waals surface area contributed by atoms with Crippen molar-refractivity contribution in [1.82, 2.24) is 20.2 Å². The van der Waals surface area contributed by atoms with Crippen molar-refractivity contribution in [1.29, 1.82) is 0 Å². The van der Waals surface area contributed by atoms with Crippen LogP contribution in [0.4, 0.5) is 14.6 Å². The average Bonchev–Trinajstić information content (AvgIpc) is 3.64. The number of hydrogen-bond donors (Lipinski definition) is 2. The van der Waals surface area contributed by atoms with Gasteiger partial charge < -0.3 is 25.0 Å². The van der Waals surface area contributed by atoms with Crippen molar-refractivity contribution in [3.05, 3.63) is 52.0 Å². The van der Waals surface area contributed by atoms with E-state index in [1.165, 1.54) is 6.07 Å². The van der Waals surface area contributed by atoms with E-state index in [-0.39, 0.29) is 35.9 Å². The number of aryl methyl sites for hydroxylation is 1. The van der Waals surface area contributed by atoms with Gasteiger partial charge in [-0.1, -0.05) is 18.2 Å². The van der Waals surface area contributed by atoms with Gasteiger partial charge in [0.1, 0.15) is 11.6 Å². The number of carbonyl (C=O) groups excluding carboxylic acids is 1. The van der Waals surface area contributed by atoms with E-state index in [1.54, 1.807) is 13.0 Å². The predicted octanol–water partition coefficient (Wildman–Crippen LogP) is 3.55. The maximum Gasteiger partial charge on any atom is 0.273 e. The molecule has 1 atom stereocenters. The first-order valence-electron chi connectivity index (χ1n) is 13.1. The van der Waals surface area contributed by atoms with Gasteiger partial charge in [-0.05, 0) is 44.2 Å². The molecule has 3 fully saturated rings. The molecule has 1 amide bonds. The van der Waals surface area contributed by atoms with E-state index in [2.05, 4.69) is 25.5 Å². The molecule has 4 aliphatic rings. The maximum atomic E-state index is 14.4. The topological polar surface area (TPSA) is 88.6 Å². The number of fused-ring (bicyclic) bond motifs is 3. The van der Waals surface area contributed by atoms with Gasteiger partial charge in [0.05, 0.1) is 42.5 Å². The average molecular weight is 514 g/mol. The summed E-state index contributed by atoms with van der Waals surface area (Å²) < 4.78 is 40.4. The highest BCUT2D eigenvalue weighted by atomic mass is 19.3. The molecule has 8 nitrogen and oxygen atoms in total. The quantitative estimate of drug-likeness (QED) is 0.586. The second-order valence-corrected chi connectivity index (χ2v) is 10.8. The lowest BCUT2D eigenvalue weighted by Gasteiger charge is -2.27. The van der Waals surface area contributed by atoms with Gasteiger partial charge in [0.2, 0.25) is 5.91 Å². The number of aromatic nitrogens is 2. The van der Waals surface area contributed by atoms with E-state index < -0.39 is 12.2 Å². The molecule has 1 aromatic carbocycles. The Morgan fingerprint density at radius 2 is 1.95 bits per heavy atom. The molecule has 0 radical (unpaired) electrons. The van der Waals surface area contributed by atoms with Crippen LogP contribution in [0.1, 0.15) is 72.3 Å². The number of nitrogens with one attached hydrogen (secondary N) is 2. The number of nitrogens with zero attached hydrogens (tertiary/aromatic N) is 3. The standard InChI is InChI=1S/C27H33F2N5O3/c1-16(18-4-3-5-20-19(18)6-7-27(20,28)29)30-24-23(25-36-12-13-37-25)21(31-17(2)32-24)14-22(35)33-26-8-10-34(15-26)11-9-26/h3-5,16,25H,6-15H2,1-2H3,(H,33,35)(H,30,31,32)/t16-/m1/s1. The van der Waals surface area contributed by atoms with Gasteiger partial charge in [0, 0.05) is 31.6 Å². The maximum absolute atomic E-state index is 14.4. The Kier molecular flexibility index (Phi) is 6.16. The number of ether oxygens (including phenoxy) is 2. The number of benzene rings is 1. The number of anilines is 1. The third kappa shape index (κ3) is 4.59. The highest BCUT2D eigenvalue weighted by molar-refractivity contribution is 5.80. The molecule has 198 valence electrons. The number of rotatable bonds is 7. The Balaban J connectivity index is 1.29. The molecule has 0 saturated carbocycles. The van der Waals surface area contributed by atoms with Crippen LogP contribution in [-0.4, -0.2) is 59.2 Å². The van der Waals surface area contributed by atoms with Gasteiger partial charge in [0.15, 0.2) is 6.29 Å². The first-order chi connectivity index (χ1) is 17.7. The zero-order valence-electron chi connectivity index (χ0n) is 21.3. The molecule has 3 saturated heterocycles. The van der Waals surface area contributed by atoms with Gasteiger partial charge in [-0.2, -0.15) is 0 Å². The number of carbonyl (C=O) groups is 1. The fourth-order valence-electron chi connectivity index (χ4n) is 6.37. The van der Waals surface area contributed by atoms with E-state index in [9.17, 15) is 13.6 Å². The molecule has 3 aliphatic heterocycles. The number of halogens is 2. The summed E-state index contributed by atoms with van der Waals surface area (Å²) in [6.07, 6.45) is 1.48. The number of amides is 1. The first kappa shape index (κ1) is 24.6. The molecule has 2 bridgehead atoms. The van der Waals surface area contributed by atoms with Crippen LogP contribution in [0.5, 0.6) is 0 Å². The Morgan fingerprint density at radius 1 is 1.19 bits per heavy atom. The minimum Gasteiger partial charge on any atom is -0.363 e. The van der Waals surface area contributed by atoms with Crippen molar-refractivity contribution in [2.75, 3.05) is 38.2 Å². The lowest BCUT2D eigenvalue weighted by molar-refractivity contribution is -0.122. The number of piperidine rings is 1. The molecular formula is C27H33F2N5O3. The van der Waals surface area contributed by atoms with Crippen molar-refractivity contribution in [3.63, 3.8) is 0 Å². The third-order valence-corrected chi connectivity index (χ3v) is 8.18.